The van der Waals surface area contributed by atoms with Crippen LogP contribution in [0.4, 0.5) is 16.2 Å². The maximum atomic E-state index is 12.9. The third-order valence-electron chi connectivity index (χ3n) is 6.42. The van der Waals surface area contributed by atoms with Crippen LogP contribution in [-0.4, -0.2) is 32.2 Å². The van der Waals surface area contributed by atoms with Gasteiger partial charge >= 0.3 is 12.1 Å². The highest BCUT2D eigenvalue weighted by molar-refractivity contribution is 7.92. The summed E-state index contributed by atoms with van der Waals surface area (Å²) in [6.45, 7) is 1.88. The Hall–Kier alpha value is -4.63. The summed E-state index contributed by atoms with van der Waals surface area (Å²) >= 11 is 0. The van der Waals surface area contributed by atoms with Gasteiger partial charge in [0.25, 0.3) is 10.0 Å². The van der Waals surface area contributed by atoms with Gasteiger partial charge in [-0.2, -0.15) is 0 Å². The minimum absolute atomic E-state index is 0.00378. The first-order valence-electron chi connectivity index (χ1n) is 11.8. The zero-order valence-corrected chi connectivity index (χ0v) is 21.2. The molecule has 0 saturated carbocycles. The van der Waals surface area contributed by atoms with E-state index in [0.29, 0.717) is 0 Å². The van der Waals surface area contributed by atoms with E-state index in [1.54, 1.807) is 12.1 Å². The molecule has 1 aliphatic carbocycles. The number of ether oxygens (including phenoxy) is 1. The van der Waals surface area contributed by atoms with Gasteiger partial charge in [-0.1, -0.05) is 66.2 Å². The fourth-order valence-electron chi connectivity index (χ4n) is 4.54. The van der Waals surface area contributed by atoms with Gasteiger partial charge in [-0.15, -0.1) is 0 Å². The van der Waals surface area contributed by atoms with Crippen LogP contribution in [0.1, 0.15) is 33.0 Å². The van der Waals surface area contributed by atoms with E-state index >= 15 is 0 Å². The van der Waals surface area contributed by atoms with E-state index in [-0.39, 0.29) is 34.4 Å². The lowest BCUT2D eigenvalue weighted by Crippen LogP contribution is -2.20. The Balaban J connectivity index is 1.36. The van der Waals surface area contributed by atoms with Gasteiger partial charge in [-0.3, -0.25) is 10.0 Å². The Bertz CT molecular complexity index is 1600. The molecule has 0 unspecified atom stereocenters. The molecule has 0 bridgehead atoms. The molecule has 1 aliphatic rings. The number of benzene rings is 4. The topological polar surface area (TPSA) is 122 Å². The highest BCUT2D eigenvalue weighted by Gasteiger charge is 2.29. The molecule has 0 saturated heterocycles. The molecule has 4 aromatic rings. The number of nitrogens with one attached hydrogen (secondary N) is 2. The van der Waals surface area contributed by atoms with Gasteiger partial charge in [0, 0.05) is 5.92 Å². The second-order valence-corrected chi connectivity index (χ2v) is 10.6. The average Bonchev–Trinajstić information content (AvgIpc) is 3.22. The number of anilines is 2. The number of aryl methyl sites for hydroxylation is 1. The van der Waals surface area contributed by atoms with Crippen molar-refractivity contribution in [3.63, 3.8) is 0 Å². The molecule has 3 N–H and O–H groups in total. The van der Waals surface area contributed by atoms with Crippen molar-refractivity contribution < 1.29 is 27.9 Å². The Morgan fingerprint density at radius 1 is 0.842 bits per heavy atom. The molecule has 38 heavy (non-hydrogen) atoms. The monoisotopic (exact) mass is 528 g/mol. The number of hydrogen-bond donors (Lipinski definition) is 3. The zero-order chi connectivity index (χ0) is 26.9. The van der Waals surface area contributed by atoms with Crippen molar-refractivity contribution in [1.29, 1.82) is 0 Å². The number of fused-ring (bicyclic) bond motifs is 3. The van der Waals surface area contributed by atoms with Crippen molar-refractivity contribution in [1.82, 2.24) is 0 Å². The number of carbonyl (C=O) groups is 2. The van der Waals surface area contributed by atoms with E-state index in [1.807, 2.05) is 55.5 Å². The van der Waals surface area contributed by atoms with E-state index in [0.717, 1.165) is 27.8 Å². The van der Waals surface area contributed by atoms with E-state index in [2.05, 4.69) is 10.0 Å². The zero-order valence-electron chi connectivity index (χ0n) is 20.3. The molecule has 8 nitrogen and oxygen atoms in total. The summed E-state index contributed by atoms with van der Waals surface area (Å²) in [6.07, 6.45) is -0.842. The summed E-state index contributed by atoms with van der Waals surface area (Å²) in [5, 5.41) is 11.9. The van der Waals surface area contributed by atoms with Gasteiger partial charge in [0.05, 0.1) is 21.8 Å². The minimum atomic E-state index is -4.00. The SMILES string of the molecule is Cc1ccc(S(=O)(=O)Nc2ccc(C(=O)O)cc2NC(=O)OCC2c3ccccc3-c3ccccc32)cc1. The molecule has 0 spiro atoms. The Labute approximate surface area is 220 Å². The number of hydrogen-bond acceptors (Lipinski definition) is 5. The van der Waals surface area contributed by atoms with Gasteiger partial charge in [0.1, 0.15) is 6.61 Å². The predicted octanol–water partition coefficient (Wildman–Crippen LogP) is 5.86. The first-order chi connectivity index (χ1) is 18.2. The molecular weight excluding hydrogens is 504 g/mol. The molecular formula is C29H24N2O6S. The maximum absolute atomic E-state index is 12.9. The molecule has 0 aromatic heterocycles. The largest absolute Gasteiger partial charge is 0.478 e. The lowest BCUT2D eigenvalue weighted by molar-refractivity contribution is 0.0696. The number of amides is 1. The van der Waals surface area contributed by atoms with E-state index in [9.17, 15) is 23.1 Å². The lowest BCUT2D eigenvalue weighted by Gasteiger charge is -2.17. The molecule has 9 heteroatoms. The van der Waals surface area contributed by atoms with Crippen LogP contribution >= 0.6 is 0 Å². The summed E-state index contributed by atoms with van der Waals surface area (Å²) in [5.74, 6) is -1.40. The number of carboxylic acids is 1. The van der Waals surface area contributed by atoms with E-state index in [4.69, 9.17) is 4.74 Å². The second-order valence-electron chi connectivity index (χ2n) is 8.93. The predicted molar refractivity (Wildman–Crippen MR) is 144 cm³/mol. The third-order valence-corrected chi connectivity index (χ3v) is 7.80. The Kier molecular flexibility index (Phi) is 6.61. The second kappa shape index (κ2) is 10.0. The highest BCUT2D eigenvalue weighted by atomic mass is 32.2. The summed E-state index contributed by atoms with van der Waals surface area (Å²) in [5.41, 5.74) is 4.98. The maximum Gasteiger partial charge on any atom is 0.411 e. The van der Waals surface area contributed by atoms with Crippen LogP contribution in [0, 0.1) is 6.92 Å². The normalized spacial score (nSPS) is 12.3. The van der Waals surface area contributed by atoms with Crippen molar-refractivity contribution in [2.45, 2.75) is 17.7 Å². The molecule has 192 valence electrons. The molecule has 0 atom stereocenters. The van der Waals surface area contributed by atoms with Crippen LogP contribution < -0.4 is 10.0 Å². The standard InChI is InChI=1S/C29H24N2O6S/c1-18-10-13-20(14-11-18)38(35,36)31-26-15-12-19(28(32)33)16-27(26)30-29(34)37-17-25-23-8-4-2-6-21(23)22-7-3-5-9-24(22)25/h2-16,25,31H,17H2,1H3,(H,30,34)(H,32,33). The molecule has 0 heterocycles. The number of rotatable bonds is 7. The van der Waals surface area contributed by atoms with Gasteiger partial charge in [0.2, 0.25) is 0 Å². The van der Waals surface area contributed by atoms with Crippen molar-refractivity contribution in [2.75, 3.05) is 16.6 Å². The van der Waals surface area contributed by atoms with Crippen LogP contribution in [0.25, 0.3) is 11.1 Å². The fourth-order valence-corrected chi connectivity index (χ4v) is 5.62. The van der Waals surface area contributed by atoms with Gasteiger partial charge in [0.15, 0.2) is 0 Å². The summed E-state index contributed by atoms with van der Waals surface area (Å²) in [6, 6.07) is 25.8. The first kappa shape index (κ1) is 25.0. The van der Waals surface area contributed by atoms with Crippen LogP contribution in [0.15, 0.2) is 95.9 Å². The Morgan fingerprint density at radius 3 is 2.05 bits per heavy atom. The Morgan fingerprint density at radius 2 is 1.45 bits per heavy atom. The van der Waals surface area contributed by atoms with Crippen LogP contribution in [0.3, 0.4) is 0 Å². The molecule has 0 fully saturated rings. The van der Waals surface area contributed by atoms with Crippen molar-refractivity contribution in [3.05, 3.63) is 113 Å². The quantitative estimate of drug-likeness (QED) is 0.276. The van der Waals surface area contributed by atoms with Gasteiger partial charge in [-0.05, 0) is 59.5 Å². The number of carboxylic acid groups (broad SMARTS) is 1. The molecule has 0 radical (unpaired) electrons. The van der Waals surface area contributed by atoms with Crippen molar-refractivity contribution in [2.24, 2.45) is 0 Å². The number of carbonyl (C=O) groups excluding carboxylic acids is 1. The molecule has 0 aliphatic heterocycles. The van der Waals surface area contributed by atoms with Gasteiger partial charge in [-0.25, -0.2) is 18.0 Å². The highest BCUT2D eigenvalue weighted by Crippen LogP contribution is 2.44. The van der Waals surface area contributed by atoms with Gasteiger partial charge < -0.3 is 9.84 Å². The van der Waals surface area contributed by atoms with E-state index in [1.165, 1.54) is 30.3 Å². The lowest BCUT2D eigenvalue weighted by atomic mass is 9.98. The van der Waals surface area contributed by atoms with Crippen LogP contribution in [-0.2, 0) is 14.8 Å². The number of aromatic carboxylic acids is 1. The average molecular weight is 529 g/mol. The molecule has 4 aromatic carbocycles. The van der Waals surface area contributed by atoms with E-state index < -0.39 is 22.1 Å². The number of sulfonamides is 1. The molecule has 5 rings (SSSR count). The van der Waals surface area contributed by atoms with Crippen LogP contribution in [0.2, 0.25) is 0 Å². The summed E-state index contributed by atoms with van der Waals surface area (Å²) in [4.78, 5) is 24.4. The first-order valence-corrected chi connectivity index (χ1v) is 13.3. The smallest absolute Gasteiger partial charge is 0.411 e. The third kappa shape index (κ3) is 4.96. The fraction of sp³-hybridized carbons (Fsp3) is 0.103. The van der Waals surface area contributed by atoms with Crippen molar-refractivity contribution in [3.8, 4) is 11.1 Å². The summed E-state index contributed by atoms with van der Waals surface area (Å²) in [7, 11) is -4.00. The molecule has 1 amide bonds. The summed E-state index contributed by atoms with van der Waals surface area (Å²) < 4.78 is 33.8. The minimum Gasteiger partial charge on any atom is -0.478 e. The van der Waals surface area contributed by atoms with Crippen LogP contribution in [0.5, 0.6) is 0 Å². The van der Waals surface area contributed by atoms with Crippen molar-refractivity contribution >= 4 is 33.5 Å².